The van der Waals surface area contributed by atoms with Crippen molar-refractivity contribution in [3.05, 3.63) is 0 Å². The Bertz CT molecular complexity index is 240. The Hall–Kier alpha value is -0.330. The summed E-state index contributed by atoms with van der Waals surface area (Å²) in [6.45, 7) is 5.68. The maximum Gasteiger partial charge on any atom is 0.415 e. The van der Waals surface area contributed by atoms with Gasteiger partial charge >= 0.3 is 6.18 Å². The molecule has 0 amide bonds. The first-order valence-electron chi connectivity index (χ1n) is 6.49. The molecule has 2 N–H and O–H groups in total. The van der Waals surface area contributed by atoms with E-state index < -0.39 is 12.3 Å². The Labute approximate surface area is 106 Å². The largest absolute Gasteiger partial charge is 0.415 e. The Morgan fingerprint density at radius 2 is 2.00 bits per heavy atom. The van der Waals surface area contributed by atoms with Crippen LogP contribution >= 0.6 is 0 Å². The van der Waals surface area contributed by atoms with Crippen molar-refractivity contribution in [2.45, 2.75) is 45.0 Å². The number of hydrogen-bond donors (Lipinski definition) is 2. The smallest absolute Gasteiger partial charge is 0.382 e. The summed E-state index contributed by atoms with van der Waals surface area (Å²) >= 11 is 0. The normalized spacial score (nSPS) is 23.0. The van der Waals surface area contributed by atoms with E-state index in [1.807, 2.05) is 13.8 Å². The van der Waals surface area contributed by atoms with Crippen molar-refractivity contribution in [3.8, 4) is 0 Å². The fourth-order valence-electron chi connectivity index (χ4n) is 2.31. The highest BCUT2D eigenvalue weighted by molar-refractivity contribution is 4.80. The summed E-state index contributed by atoms with van der Waals surface area (Å²) in [5.74, 6) is 0.284. The van der Waals surface area contributed by atoms with Gasteiger partial charge in [-0.2, -0.15) is 13.2 Å². The maximum atomic E-state index is 12.4. The molecule has 1 saturated heterocycles. The number of rotatable bonds is 6. The monoisotopic (exact) mass is 268 g/mol. The zero-order chi connectivity index (χ0) is 13.8. The average molecular weight is 268 g/mol. The lowest BCUT2D eigenvalue weighted by molar-refractivity contribution is -0.208. The van der Waals surface area contributed by atoms with E-state index >= 15 is 0 Å². The van der Waals surface area contributed by atoms with Gasteiger partial charge in [0.25, 0.3) is 0 Å². The standard InChI is InChI=1S/C12H23F3N2O/c1-9(2)6-17(7-10-4-3-5-16-10)8-11(18)12(13,14)15/h9-11,16,18H,3-8H2,1-2H3. The molecule has 2 unspecified atom stereocenters. The minimum Gasteiger partial charge on any atom is -0.382 e. The summed E-state index contributed by atoms with van der Waals surface area (Å²) in [4.78, 5) is 1.71. The van der Waals surface area contributed by atoms with Crippen LogP contribution < -0.4 is 5.32 Å². The van der Waals surface area contributed by atoms with Crippen molar-refractivity contribution in [2.75, 3.05) is 26.2 Å². The molecule has 108 valence electrons. The quantitative estimate of drug-likeness (QED) is 0.768. The third-order valence-electron chi connectivity index (χ3n) is 3.07. The predicted molar refractivity (Wildman–Crippen MR) is 64.4 cm³/mol. The molecule has 0 spiro atoms. The van der Waals surface area contributed by atoms with Crippen LogP contribution in [0.5, 0.6) is 0 Å². The fourth-order valence-corrected chi connectivity index (χ4v) is 2.31. The number of hydrogen-bond acceptors (Lipinski definition) is 3. The topological polar surface area (TPSA) is 35.5 Å². The van der Waals surface area contributed by atoms with E-state index in [1.165, 1.54) is 0 Å². The molecule has 1 fully saturated rings. The third-order valence-corrected chi connectivity index (χ3v) is 3.07. The molecule has 1 heterocycles. The van der Waals surface area contributed by atoms with Crippen LogP contribution in [-0.4, -0.2) is 54.5 Å². The summed E-state index contributed by atoms with van der Waals surface area (Å²) in [7, 11) is 0. The van der Waals surface area contributed by atoms with Crippen LogP contribution in [0.4, 0.5) is 13.2 Å². The fraction of sp³-hybridized carbons (Fsp3) is 1.00. The highest BCUT2D eigenvalue weighted by atomic mass is 19.4. The van der Waals surface area contributed by atoms with E-state index in [0.29, 0.717) is 13.1 Å². The number of alkyl halides is 3. The highest BCUT2D eigenvalue weighted by Gasteiger charge is 2.39. The molecule has 6 heteroatoms. The zero-order valence-corrected chi connectivity index (χ0v) is 11.0. The lowest BCUT2D eigenvalue weighted by atomic mass is 10.1. The van der Waals surface area contributed by atoms with Crippen molar-refractivity contribution in [1.29, 1.82) is 0 Å². The van der Waals surface area contributed by atoms with Gasteiger partial charge in [0.15, 0.2) is 6.10 Å². The number of aliphatic hydroxyl groups is 1. The molecule has 0 aliphatic carbocycles. The highest BCUT2D eigenvalue weighted by Crippen LogP contribution is 2.21. The van der Waals surface area contributed by atoms with Gasteiger partial charge in [-0.15, -0.1) is 0 Å². The molecule has 1 rings (SSSR count). The van der Waals surface area contributed by atoms with Crippen LogP contribution in [0.3, 0.4) is 0 Å². The van der Waals surface area contributed by atoms with Crippen LogP contribution in [-0.2, 0) is 0 Å². The number of nitrogens with one attached hydrogen (secondary N) is 1. The molecule has 3 nitrogen and oxygen atoms in total. The van der Waals surface area contributed by atoms with Gasteiger partial charge in [-0.1, -0.05) is 13.8 Å². The van der Waals surface area contributed by atoms with E-state index in [4.69, 9.17) is 5.11 Å². The summed E-state index contributed by atoms with van der Waals surface area (Å²) in [5, 5.41) is 12.4. The Kier molecular flexibility index (Phi) is 5.88. The Morgan fingerprint density at radius 3 is 2.44 bits per heavy atom. The van der Waals surface area contributed by atoms with E-state index in [-0.39, 0.29) is 18.5 Å². The average Bonchev–Trinajstić information content (AvgIpc) is 2.67. The summed E-state index contributed by atoms with van der Waals surface area (Å²) in [6, 6.07) is 0.254. The number of nitrogens with zero attached hydrogens (tertiary/aromatic N) is 1. The minimum atomic E-state index is -4.53. The molecule has 0 saturated carbocycles. The van der Waals surface area contributed by atoms with Gasteiger partial charge in [-0.25, -0.2) is 0 Å². The Morgan fingerprint density at radius 1 is 1.33 bits per heavy atom. The van der Waals surface area contributed by atoms with Crippen LogP contribution in [0.25, 0.3) is 0 Å². The molecule has 0 radical (unpaired) electrons. The third kappa shape index (κ3) is 5.54. The zero-order valence-electron chi connectivity index (χ0n) is 11.0. The van der Waals surface area contributed by atoms with E-state index in [0.717, 1.165) is 19.4 Å². The predicted octanol–water partition coefficient (Wildman–Crippen LogP) is 1.62. The molecule has 2 atom stereocenters. The van der Waals surface area contributed by atoms with Gasteiger partial charge < -0.3 is 10.4 Å². The summed E-state index contributed by atoms with van der Waals surface area (Å²) < 4.78 is 37.1. The van der Waals surface area contributed by atoms with E-state index in [9.17, 15) is 13.2 Å². The van der Waals surface area contributed by atoms with Crippen LogP contribution in [0.2, 0.25) is 0 Å². The van der Waals surface area contributed by atoms with Crippen molar-refractivity contribution < 1.29 is 18.3 Å². The van der Waals surface area contributed by atoms with Crippen molar-refractivity contribution in [1.82, 2.24) is 10.2 Å². The molecule has 1 aliphatic heterocycles. The van der Waals surface area contributed by atoms with Gasteiger partial charge in [0.05, 0.1) is 0 Å². The minimum absolute atomic E-state index is 0.254. The molecule has 1 aliphatic rings. The maximum absolute atomic E-state index is 12.4. The van der Waals surface area contributed by atoms with Crippen LogP contribution in [0, 0.1) is 5.92 Å². The molecule has 0 aromatic heterocycles. The van der Waals surface area contributed by atoms with Gasteiger partial charge in [-0.3, -0.25) is 4.90 Å². The van der Waals surface area contributed by atoms with E-state index in [1.54, 1.807) is 4.90 Å². The van der Waals surface area contributed by atoms with Gasteiger partial charge in [0.1, 0.15) is 0 Å². The molecule has 18 heavy (non-hydrogen) atoms. The molecule has 0 aromatic rings. The summed E-state index contributed by atoms with van der Waals surface area (Å²) in [6.07, 6.45) is -4.71. The van der Waals surface area contributed by atoms with Crippen molar-refractivity contribution in [2.24, 2.45) is 5.92 Å². The van der Waals surface area contributed by atoms with Gasteiger partial charge in [-0.05, 0) is 25.3 Å². The molecule has 0 bridgehead atoms. The first-order chi connectivity index (χ1) is 8.29. The Balaban J connectivity index is 2.48. The van der Waals surface area contributed by atoms with Gasteiger partial charge in [0, 0.05) is 25.7 Å². The van der Waals surface area contributed by atoms with E-state index in [2.05, 4.69) is 5.32 Å². The molecular formula is C12H23F3N2O. The SMILES string of the molecule is CC(C)CN(CC1CCCN1)CC(O)C(F)(F)F. The van der Waals surface area contributed by atoms with Crippen LogP contribution in [0.15, 0.2) is 0 Å². The second-order valence-electron chi connectivity index (χ2n) is 5.46. The molecule has 0 aromatic carbocycles. The second-order valence-corrected chi connectivity index (χ2v) is 5.46. The summed E-state index contributed by atoms with van der Waals surface area (Å²) in [5.41, 5.74) is 0. The van der Waals surface area contributed by atoms with Crippen LogP contribution in [0.1, 0.15) is 26.7 Å². The van der Waals surface area contributed by atoms with Crippen molar-refractivity contribution >= 4 is 0 Å². The lowest BCUT2D eigenvalue weighted by Crippen LogP contribution is -2.46. The number of aliphatic hydroxyl groups excluding tert-OH is 1. The second kappa shape index (κ2) is 6.73. The van der Waals surface area contributed by atoms with Gasteiger partial charge in [0.2, 0.25) is 0 Å². The first-order valence-corrected chi connectivity index (χ1v) is 6.49. The first kappa shape index (κ1) is 15.7. The molecular weight excluding hydrogens is 245 g/mol. The lowest BCUT2D eigenvalue weighted by Gasteiger charge is -2.29. The number of halogens is 3. The van der Waals surface area contributed by atoms with Crippen molar-refractivity contribution in [3.63, 3.8) is 0 Å².